The summed E-state index contributed by atoms with van der Waals surface area (Å²) in [5.41, 5.74) is 0.0405. The molecule has 0 spiro atoms. The van der Waals surface area contributed by atoms with Crippen LogP contribution in [0.5, 0.6) is 0 Å². The van der Waals surface area contributed by atoms with Crippen molar-refractivity contribution in [2.75, 3.05) is 39.8 Å². The zero-order valence-electron chi connectivity index (χ0n) is 20.1. The number of likely N-dealkylation sites (N-methyl/N-ethyl adjacent to an activating group) is 1. The second-order valence-electron chi connectivity index (χ2n) is 10.1. The number of hydrogen-bond acceptors (Lipinski definition) is 4. The molecule has 0 aliphatic carbocycles. The van der Waals surface area contributed by atoms with Crippen molar-refractivity contribution in [3.63, 3.8) is 0 Å². The highest BCUT2D eigenvalue weighted by atomic mass is 35.5. The van der Waals surface area contributed by atoms with Gasteiger partial charge in [-0.15, -0.1) is 0 Å². The number of halogens is 6. The highest BCUT2D eigenvalue weighted by molar-refractivity contribution is 6.42. The third kappa shape index (κ3) is 5.61. The third-order valence-corrected chi connectivity index (χ3v) is 8.44. The zero-order valence-corrected chi connectivity index (χ0v) is 21.7. The first kappa shape index (κ1) is 26.7. The van der Waals surface area contributed by atoms with Crippen LogP contribution in [-0.4, -0.2) is 78.6 Å². The Kier molecular flexibility index (Phi) is 7.46. The molecule has 11 heteroatoms. The van der Waals surface area contributed by atoms with Gasteiger partial charge in [-0.1, -0.05) is 35.3 Å². The van der Waals surface area contributed by atoms with Gasteiger partial charge in [0.2, 0.25) is 5.91 Å². The summed E-state index contributed by atoms with van der Waals surface area (Å²) >= 11 is 12.4. The van der Waals surface area contributed by atoms with Crippen LogP contribution in [0.1, 0.15) is 29.0 Å². The quantitative estimate of drug-likeness (QED) is 0.464. The molecule has 3 saturated heterocycles. The number of hydrogen-bond donors (Lipinski definition) is 0. The number of rotatable bonds is 6. The number of fused-ring (bicyclic) bond motifs is 2. The van der Waals surface area contributed by atoms with E-state index >= 15 is 0 Å². The predicted octanol–water partition coefficient (Wildman–Crippen LogP) is 5.05. The fourth-order valence-electron chi connectivity index (χ4n) is 5.75. The van der Waals surface area contributed by atoms with Crippen molar-refractivity contribution < 1.29 is 27.1 Å². The Balaban J connectivity index is 1.34. The molecule has 0 aromatic heterocycles. The van der Waals surface area contributed by atoms with E-state index in [0.717, 1.165) is 30.7 Å². The maximum atomic E-state index is 14.2. The molecule has 0 saturated carbocycles. The normalized spacial score (nSPS) is 26.0. The van der Waals surface area contributed by atoms with Gasteiger partial charge in [-0.25, -0.2) is 4.39 Å². The average Bonchev–Trinajstić information content (AvgIpc) is 3.56. The molecule has 3 aliphatic heterocycles. The van der Waals surface area contributed by atoms with Crippen LogP contribution >= 0.6 is 23.2 Å². The molecule has 0 N–H and O–H groups in total. The van der Waals surface area contributed by atoms with Gasteiger partial charge < -0.3 is 9.64 Å². The Bertz CT molecular complexity index is 1180. The fraction of sp³-hybridized carbons (Fsp3) is 0.500. The zero-order chi connectivity index (χ0) is 26.5. The van der Waals surface area contributed by atoms with E-state index in [1.807, 2.05) is 22.9 Å². The SMILES string of the molecule is CN(Cc1ccc(C(F)(F)F)c(F)c1)C1CN(C(=O)CN2C[C@@H]3C[C@@H]2CO3)CC1c1ccc(Cl)c(Cl)c1. The smallest absolute Gasteiger partial charge is 0.375 e. The monoisotopic (exact) mass is 559 g/mol. The maximum absolute atomic E-state index is 14.2. The molecule has 5 rings (SSSR count). The molecule has 2 aromatic carbocycles. The largest absolute Gasteiger partial charge is 0.419 e. The van der Waals surface area contributed by atoms with Gasteiger partial charge in [0.15, 0.2) is 0 Å². The van der Waals surface area contributed by atoms with Crippen molar-refractivity contribution in [1.82, 2.24) is 14.7 Å². The minimum Gasteiger partial charge on any atom is -0.375 e. The van der Waals surface area contributed by atoms with Crippen molar-refractivity contribution >= 4 is 29.1 Å². The summed E-state index contributed by atoms with van der Waals surface area (Å²) in [4.78, 5) is 19.3. The summed E-state index contributed by atoms with van der Waals surface area (Å²) in [6.07, 6.45) is -3.60. The molecular formula is C26H27Cl2F4N3O2. The summed E-state index contributed by atoms with van der Waals surface area (Å²) in [5, 5.41) is 0.830. The number of benzene rings is 2. The first-order valence-electron chi connectivity index (χ1n) is 12.1. The Hall–Kier alpha value is -1.91. The molecule has 3 fully saturated rings. The molecule has 2 bridgehead atoms. The van der Waals surface area contributed by atoms with Crippen molar-refractivity contribution in [3.8, 4) is 0 Å². The van der Waals surface area contributed by atoms with Crippen LogP contribution in [0.2, 0.25) is 10.0 Å². The van der Waals surface area contributed by atoms with Crippen LogP contribution in [0.25, 0.3) is 0 Å². The van der Waals surface area contributed by atoms with E-state index in [-0.39, 0.29) is 36.6 Å². The van der Waals surface area contributed by atoms with Crippen molar-refractivity contribution in [2.24, 2.45) is 0 Å². The van der Waals surface area contributed by atoms with Crippen molar-refractivity contribution in [1.29, 1.82) is 0 Å². The first-order valence-corrected chi connectivity index (χ1v) is 12.9. The highest BCUT2D eigenvalue weighted by Crippen LogP contribution is 2.36. The molecular weight excluding hydrogens is 533 g/mol. The molecule has 2 unspecified atom stereocenters. The predicted molar refractivity (Wildman–Crippen MR) is 132 cm³/mol. The van der Waals surface area contributed by atoms with Gasteiger partial charge in [0.05, 0.1) is 34.9 Å². The lowest BCUT2D eigenvalue weighted by molar-refractivity contribution is -0.140. The summed E-state index contributed by atoms with van der Waals surface area (Å²) < 4.78 is 58.8. The van der Waals surface area contributed by atoms with E-state index in [4.69, 9.17) is 27.9 Å². The molecule has 3 aliphatic rings. The number of carbonyl (C=O) groups excluding carboxylic acids is 1. The number of morpholine rings is 1. The van der Waals surface area contributed by atoms with E-state index in [1.165, 1.54) is 6.07 Å². The summed E-state index contributed by atoms with van der Waals surface area (Å²) in [6.45, 7) is 2.83. The van der Waals surface area contributed by atoms with E-state index in [2.05, 4.69) is 4.90 Å². The topological polar surface area (TPSA) is 36.0 Å². The summed E-state index contributed by atoms with van der Waals surface area (Å²) in [5.74, 6) is -1.39. The molecule has 1 amide bonds. The Morgan fingerprint density at radius 3 is 2.51 bits per heavy atom. The van der Waals surface area contributed by atoms with Crippen LogP contribution in [0.3, 0.4) is 0 Å². The van der Waals surface area contributed by atoms with E-state index in [1.54, 1.807) is 12.1 Å². The van der Waals surface area contributed by atoms with Crippen LogP contribution < -0.4 is 0 Å². The molecule has 4 atom stereocenters. The Labute approximate surface area is 222 Å². The Morgan fingerprint density at radius 2 is 1.89 bits per heavy atom. The lowest BCUT2D eigenvalue weighted by Gasteiger charge is -2.30. The van der Waals surface area contributed by atoms with E-state index in [9.17, 15) is 22.4 Å². The minimum absolute atomic E-state index is 0.0223. The van der Waals surface area contributed by atoms with Crippen LogP contribution in [0, 0.1) is 5.82 Å². The highest BCUT2D eigenvalue weighted by Gasteiger charge is 2.43. The van der Waals surface area contributed by atoms with Gasteiger partial charge in [0.1, 0.15) is 5.82 Å². The number of nitrogens with zero attached hydrogens (tertiary/aromatic N) is 3. The number of likely N-dealkylation sites (tertiary alicyclic amines) is 2. The van der Waals surface area contributed by atoms with Gasteiger partial charge in [0.25, 0.3) is 0 Å². The van der Waals surface area contributed by atoms with Crippen LogP contribution in [-0.2, 0) is 22.3 Å². The molecule has 3 heterocycles. The summed E-state index contributed by atoms with van der Waals surface area (Å²) in [6, 6.07) is 8.48. The second-order valence-corrected chi connectivity index (χ2v) is 11.0. The minimum atomic E-state index is -4.75. The van der Waals surface area contributed by atoms with Gasteiger partial charge in [-0.3, -0.25) is 14.6 Å². The first-order chi connectivity index (χ1) is 17.5. The van der Waals surface area contributed by atoms with Gasteiger partial charge in [0, 0.05) is 44.2 Å². The molecule has 37 heavy (non-hydrogen) atoms. The lowest BCUT2D eigenvalue weighted by atomic mass is 9.93. The van der Waals surface area contributed by atoms with Gasteiger partial charge in [-0.05, 0) is 48.9 Å². The number of alkyl halides is 3. The molecule has 2 aromatic rings. The average molecular weight is 560 g/mol. The number of ether oxygens (including phenoxy) is 1. The van der Waals surface area contributed by atoms with E-state index < -0.39 is 17.6 Å². The van der Waals surface area contributed by atoms with Crippen molar-refractivity contribution in [3.05, 3.63) is 69.0 Å². The number of carbonyl (C=O) groups is 1. The lowest BCUT2D eigenvalue weighted by Crippen LogP contribution is -2.45. The third-order valence-electron chi connectivity index (χ3n) is 7.70. The summed E-state index contributed by atoms with van der Waals surface area (Å²) in [7, 11) is 1.83. The van der Waals surface area contributed by atoms with Crippen LogP contribution in [0.15, 0.2) is 36.4 Å². The second kappa shape index (κ2) is 10.3. The fourth-order valence-corrected chi connectivity index (χ4v) is 6.05. The number of amides is 1. The molecule has 0 radical (unpaired) electrons. The van der Waals surface area contributed by atoms with Gasteiger partial charge in [-0.2, -0.15) is 13.2 Å². The van der Waals surface area contributed by atoms with Crippen molar-refractivity contribution in [2.45, 2.75) is 43.2 Å². The standard InChI is InChI=1S/C26H27Cl2F4N3O2/c1-33(9-15-2-4-20(23(29)6-15)26(30,31)32)24-12-35(11-19(24)16-3-5-21(27)22(28)7-16)25(36)13-34-10-18-8-17(34)14-37-18/h2-7,17-19,24H,8-14H2,1H3/t17-,18+,19?,24?/m1/s1. The van der Waals surface area contributed by atoms with E-state index in [0.29, 0.717) is 41.8 Å². The molecule has 5 nitrogen and oxygen atoms in total. The maximum Gasteiger partial charge on any atom is 0.419 e. The van der Waals surface area contributed by atoms with Crippen LogP contribution in [0.4, 0.5) is 17.6 Å². The Morgan fingerprint density at radius 1 is 1.11 bits per heavy atom. The molecule has 200 valence electrons. The van der Waals surface area contributed by atoms with Gasteiger partial charge >= 0.3 is 6.18 Å².